The van der Waals surface area contributed by atoms with Gasteiger partial charge >= 0.3 is 5.97 Å². The summed E-state index contributed by atoms with van der Waals surface area (Å²) in [5.41, 5.74) is 1.50. The van der Waals surface area contributed by atoms with E-state index >= 15 is 0 Å². The fourth-order valence-corrected chi connectivity index (χ4v) is 3.08. The molecular weight excluding hydrogens is 346 g/mol. The summed E-state index contributed by atoms with van der Waals surface area (Å²) in [6, 6.07) is 6.29. The van der Waals surface area contributed by atoms with Crippen LogP contribution in [-0.4, -0.2) is 48.5 Å². The van der Waals surface area contributed by atoms with Crippen molar-refractivity contribution < 1.29 is 19.2 Å². The molecule has 1 N–H and O–H groups in total. The van der Waals surface area contributed by atoms with Crippen LogP contribution in [0.5, 0.6) is 0 Å². The second kappa shape index (κ2) is 5.98. The summed E-state index contributed by atoms with van der Waals surface area (Å²) in [5, 5.41) is 1.00. The minimum absolute atomic E-state index is 0.140. The average molecular weight is 355 g/mol. The molecule has 1 aliphatic heterocycles. The first-order valence-corrected chi connectivity index (χ1v) is 8.09. The molecule has 0 aliphatic carbocycles. The highest BCUT2D eigenvalue weighted by Gasteiger charge is 2.38. The third-order valence-corrected chi connectivity index (χ3v) is 4.43. The number of benzene rings is 1. The number of fused-ring (bicyclic) bond motifs is 2. The number of carbonyl (C=O) groups is 3. The van der Waals surface area contributed by atoms with Crippen LogP contribution in [0.3, 0.4) is 0 Å². The van der Waals surface area contributed by atoms with E-state index in [2.05, 4.69) is 19.9 Å². The molecule has 0 unspecified atom stereocenters. The third-order valence-electron chi connectivity index (χ3n) is 3.46. The molecule has 1 aliphatic rings. The second-order valence-electron chi connectivity index (χ2n) is 4.98. The van der Waals surface area contributed by atoms with Crippen LogP contribution in [0.1, 0.15) is 20.7 Å². The highest BCUT2D eigenvalue weighted by molar-refractivity contribution is 8.00. The summed E-state index contributed by atoms with van der Waals surface area (Å²) < 4.78 is 0. The van der Waals surface area contributed by atoms with E-state index in [-0.39, 0.29) is 16.9 Å². The molecule has 0 saturated heterocycles. The SMILES string of the molecule is O=C(CSc1ncnc2nc[nH]c12)ON1C(=O)c2ccccc2C1=O. The lowest BCUT2D eigenvalue weighted by molar-refractivity contribution is -0.165. The number of imidazole rings is 1. The number of rotatable bonds is 4. The van der Waals surface area contributed by atoms with Crippen molar-refractivity contribution >= 4 is 40.7 Å². The van der Waals surface area contributed by atoms with Gasteiger partial charge in [-0.3, -0.25) is 9.59 Å². The van der Waals surface area contributed by atoms with Crippen molar-refractivity contribution in [1.29, 1.82) is 0 Å². The van der Waals surface area contributed by atoms with Gasteiger partial charge < -0.3 is 9.82 Å². The summed E-state index contributed by atoms with van der Waals surface area (Å²) in [4.78, 5) is 56.2. The Morgan fingerprint density at radius 3 is 2.56 bits per heavy atom. The first-order valence-electron chi connectivity index (χ1n) is 7.10. The summed E-state index contributed by atoms with van der Waals surface area (Å²) in [6.45, 7) is 0. The summed E-state index contributed by atoms with van der Waals surface area (Å²) in [5.74, 6) is -2.20. The first kappa shape index (κ1) is 15.3. The third kappa shape index (κ3) is 2.62. The van der Waals surface area contributed by atoms with Crippen LogP contribution >= 0.6 is 11.8 Å². The monoisotopic (exact) mass is 355 g/mol. The Morgan fingerprint density at radius 2 is 1.84 bits per heavy atom. The number of nitrogens with one attached hydrogen (secondary N) is 1. The smallest absolute Gasteiger partial charge is 0.341 e. The maximum Gasteiger partial charge on any atom is 0.343 e. The van der Waals surface area contributed by atoms with E-state index < -0.39 is 17.8 Å². The Balaban J connectivity index is 1.44. The zero-order valence-corrected chi connectivity index (χ0v) is 13.3. The summed E-state index contributed by atoms with van der Waals surface area (Å²) >= 11 is 1.09. The van der Waals surface area contributed by atoms with E-state index in [1.165, 1.54) is 24.8 Å². The lowest BCUT2D eigenvalue weighted by Crippen LogP contribution is -2.33. The highest BCUT2D eigenvalue weighted by Crippen LogP contribution is 2.25. The van der Waals surface area contributed by atoms with Gasteiger partial charge in [-0.05, 0) is 12.1 Å². The highest BCUT2D eigenvalue weighted by atomic mass is 32.2. The number of imide groups is 1. The second-order valence-corrected chi connectivity index (χ2v) is 5.95. The summed E-state index contributed by atoms with van der Waals surface area (Å²) in [7, 11) is 0. The van der Waals surface area contributed by atoms with Gasteiger partial charge in [-0.2, -0.15) is 0 Å². The van der Waals surface area contributed by atoms with Crippen LogP contribution in [0, 0.1) is 0 Å². The van der Waals surface area contributed by atoms with Gasteiger partial charge in [-0.15, -0.1) is 0 Å². The fourth-order valence-electron chi connectivity index (χ4n) is 2.36. The Hall–Kier alpha value is -3.27. The topological polar surface area (TPSA) is 118 Å². The molecular formula is C15H9N5O4S. The largest absolute Gasteiger partial charge is 0.343 e. The molecule has 9 nitrogen and oxygen atoms in total. The van der Waals surface area contributed by atoms with E-state index in [0.29, 0.717) is 21.3 Å². The number of amides is 2. The van der Waals surface area contributed by atoms with Gasteiger partial charge in [-0.25, -0.2) is 19.7 Å². The first-order chi connectivity index (χ1) is 12.1. The van der Waals surface area contributed by atoms with E-state index in [4.69, 9.17) is 4.84 Å². The molecule has 0 spiro atoms. The molecule has 0 bridgehead atoms. The number of aromatic amines is 1. The van der Waals surface area contributed by atoms with Crippen LogP contribution in [0.25, 0.3) is 11.2 Å². The van der Waals surface area contributed by atoms with Crippen LogP contribution < -0.4 is 0 Å². The van der Waals surface area contributed by atoms with Gasteiger partial charge in [0.25, 0.3) is 11.8 Å². The number of hydrogen-bond donors (Lipinski definition) is 1. The standard InChI is InChI=1S/C15H9N5O4S/c21-10(5-25-13-11-12(17-6-16-11)18-7-19-13)24-20-14(22)8-3-1-2-4-9(8)15(20)23/h1-4,6-7H,5H2,(H,16,17,18,19). The minimum Gasteiger partial charge on any atom is -0.341 e. The van der Waals surface area contributed by atoms with Gasteiger partial charge in [0.15, 0.2) is 5.65 Å². The Labute approximate surface area is 144 Å². The molecule has 3 aromatic rings. The van der Waals surface area contributed by atoms with Gasteiger partial charge in [0.1, 0.15) is 22.6 Å². The van der Waals surface area contributed by atoms with Gasteiger partial charge in [0.2, 0.25) is 0 Å². The van der Waals surface area contributed by atoms with Crippen LogP contribution in [0.15, 0.2) is 41.9 Å². The molecule has 1 aromatic carbocycles. The van der Waals surface area contributed by atoms with Crippen LogP contribution in [0.4, 0.5) is 0 Å². The fraction of sp³-hybridized carbons (Fsp3) is 0.0667. The number of nitrogens with zero attached hydrogens (tertiary/aromatic N) is 4. The van der Waals surface area contributed by atoms with Crippen molar-refractivity contribution in [1.82, 2.24) is 25.0 Å². The van der Waals surface area contributed by atoms with Crippen molar-refractivity contribution in [3.63, 3.8) is 0 Å². The number of hydroxylamine groups is 2. The number of hydrogen-bond acceptors (Lipinski definition) is 8. The van der Waals surface area contributed by atoms with Crippen molar-refractivity contribution in [3.8, 4) is 0 Å². The zero-order chi connectivity index (χ0) is 17.4. The average Bonchev–Trinajstić information content (AvgIpc) is 3.20. The number of carbonyl (C=O) groups excluding carboxylic acids is 3. The van der Waals surface area contributed by atoms with E-state index in [9.17, 15) is 14.4 Å². The molecule has 0 atom stereocenters. The number of thioether (sulfide) groups is 1. The van der Waals surface area contributed by atoms with Crippen LogP contribution in [0.2, 0.25) is 0 Å². The minimum atomic E-state index is -0.745. The molecule has 4 rings (SSSR count). The van der Waals surface area contributed by atoms with E-state index in [0.717, 1.165) is 11.8 Å². The molecule has 2 aromatic heterocycles. The molecule has 2 amide bonds. The zero-order valence-electron chi connectivity index (χ0n) is 12.5. The maximum atomic E-state index is 12.1. The molecule has 0 saturated carbocycles. The molecule has 3 heterocycles. The van der Waals surface area contributed by atoms with E-state index in [1.54, 1.807) is 12.1 Å². The van der Waals surface area contributed by atoms with Gasteiger partial charge in [0, 0.05) is 0 Å². The molecule has 0 radical (unpaired) electrons. The normalized spacial score (nSPS) is 13.4. The Kier molecular flexibility index (Phi) is 3.65. The molecule has 25 heavy (non-hydrogen) atoms. The molecule has 124 valence electrons. The van der Waals surface area contributed by atoms with Crippen molar-refractivity contribution in [3.05, 3.63) is 48.0 Å². The number of H-pyrrole nitrogens is 1. The number of aromatic nitrogens is 4. The van der Waals surface area contributed by atoms with Gasteiger partial charge in [0.05, 0.1) is 17.5 Å². The predicted molar refractivity (Wildman–Crippen MR) is 85.4 cm³/mol. The van der Waals surface area contributed by atoms with Gasteiger partial charge in [-0.1, -0.05) is 29.0 Å². The quantitative estimate of drug-likeness (QED) is 0.421. The maximum absolute atomic E-state index is 12.1. The molecule has 10 heteroatoms. The van der Waals surface area contributed by atoms with Crippen molar-refractivity contribution in [2.45, 2.75) is 5.03 Å². The lowest BCUT2D eigenvalue weighted by atomic mass is 10.1. The Bertz CT molecular complexity index is 983. The lowest BCUT2D eigenvalue weighted by Gasteiger charge is -2.12. The predicted octanol–water partition coefficient (Wildman–Crippen LogP) is 1.20. The Morgan fingerprint density at radius 1 is 1.12 bits per heavy atom. The summed E-state index contributed by atoms with van der Waals surface area (Å²) in [6.07, 6.45) is 2.81. The van der Waals surface area contributed by atoms with E-state index in [1.807, 2.05) is 0 Å². The molecule has 0 fully saturated rings. The van der Waals surface area contributed by atoms with Crippen molar-refractivity contribution in [2.75, 3.05) is 5.75 Å². The van der Waals surface area contributed by atoms with Crippen LogP contribution in [-0.2, 0) is 9.63 Å². The van der Waals surface area contributed by atoms with Crippen molar-refractivity contribution in [2.24, 2.45) is 0 Å².